The molecule has 6 heteroatoms. The van der Waals surface area contributed by atoms with Gasteiger partial charge in [0.2, 0.25) is 5.91 Å². The highest BCUT2D eigenvalue weighted by Crippen LogP contribution is 2.36. The normalized spacial score (nSPS) is 23.3. The Bertz CT molecular complexity index is 590. The number of rotatable bonds is 5. The molecule has 140 valence electrons. The number of carbonyl (C=O) groups excluding carboxylic acids is 1. The van der Waals surface area contributed by atoms with Crippen LogP contribution in [0.4, 0.5) is 0 Å². The number of aryl methyl sites for hydroxylation is 1. The maximum Gasteiger partial charge on any atom is 0.224 e. The van der Waals surface area contributed by atoms with E-state index in [-0.39, 0.29) is 17.0 Å². The number of hydrogen-bond acceptors (Lipinski definition) is 4. The van der Waals surface area contributed by atoms with Gasteiger partial charge < -0.3 is 10.1 Å². The largest absolute Gasteiger partial charge is 0.373 e. The lowest BCUT2D eigenvalue weighted by Crippen LogP contribution is -2.63. The SMILES string of the molecule is Cn1cc(CC(=O)NCC2(N3CCOC(C)(C)C3)CCCCC2)cn1. The molecule has 0 aromatic carbocycles. The molecule has 1 aliphatic carbocycles. The van der Waals surface area contributed by atoms with Crippen molar-refractivity contribution in [3.05, 3.63) is 18.0 Å². The molecule has 1 N–H and O–H groups in total. The summed E-state index contributed by atoms with van der Waals surface area (Å²) in [6.45, 7) is 7.74. The second-order valence-electron chi connectivity index (χ2n) is 8.29. The topological polar surface area (TPSA) is 59.4 Å². The third kappa shape index (κ3) is 4.61. The van der Waals surface area contributed by atoms with Gasteiger partial charge in [-0.25, -0.2) is 0 Å². The summed E-state index contributed by atoms with van der Waals surface area (Å²) < 4.78 is 7.64. The lowest BCUT2D eigenvalue weighted by Gasteiger charge is -2.51. The molecular weight excluding hydrogens is 316 g/mol. The molecule has 1 aromatic heterocycles. The minimum atomic E-state index is -0.109. The lowest BCUT2D eigenvalue weighted by molar-refractivity contribution is -0.129. The highest BCUT2D eigenvalue weighted by atomic mass is 16.5. The van der Waals surface area contributed by atoms with Crippen LogP contribution in [0.1, 0.15) is 51.5 Å². The molecule has 6 nitrogen and oxygen atoms in total. The van der Waals surface area contributed by atoms with Crippen molar-refractivity contribution in [2.75, 3.05) is 26.2 Å². The summed E-state index contributed by atoms with van der Waals surface area (Å²) in [5, 5.41) is 7.35. The molecular formula is C19H32N4O2. The van der Waals surface area contributed by atoms with Crippen LogP contribution in [0, 0.1) is 0 Å². The zero-order valence-corrected chi connectivity index (χ0v) is 15.9. The minimum absolute atomic E-state index is 0.0872. The average molecular weight is 348 g/mol. The molecule has 1 aliphatic heterocycles. The Balaban J connectivity index is 1.63. The number of amides is 1. The first-order chi connectivity index (χ1) is 11.9. The first-order valence-electron chi connectivity index (χ1n) is 9.52. The zero-order chi connectivity index (χ0) is 17.9. The van der Waals surface area contributed by atoms with Crippen LogP contribution in [-0.4, -0.2) is 58.0 Å². The van der Waals surface area contributed by atoms with E-state index in [1.807, 2.05) is 13.2 Å². The standard InChI is InChI=1S/C19H32N4O2/c1-18(2)15-23(9-10-25-18)19(7-5-4-6-8-19)14-20-17(24)11-16-12-21-22(3)13-16/h12-13H,4-11,14-15H2,1-3H3,(H,20,24). The van der Waals surface area contributed by atoms with E-state index in [1.165, 1.54) is 19.3 Å². The van der Waals surface area contributed by atoms with E-state index in [4.69, 9.17) is 4.74 Å². The van der Waals surface area contributed by atoms with Gasteiger partial charge in [0.1, 0.15) is 0 Å². The van der Waals surface area contributed by atoms with E-state index in [0.29, 0.717) is 6.42 Å². The van der Waals surface area contributed by atoms with Crippen molar-refractivity contribution in [3.63, 3.8) is 0 Å². The first kappa shape index (κ1) is 18.4. The Morgan fingerprint density at radius 2 is 2.08 bits per heavy atom. The highest BCUT2D eigenvalue weighted by molar-refractivity contribution is 5.78. The fourth-order valence-electron chi connectivity index (χ4n) is 4.31. The number of hydrogen-bond donors (Lipinski definition) is 1. The summed E-state index contributed by atoms with van der Waals surface area (Å²) in [6.07, 6.45) is 10.2. The fourth-order valence-corrected chi connectivity index (χ4v) is 4.31. The van der Waals surface area contributed by atoms with Gasteiger partial charge in [0.05, 0.1) is 24.8 Å². The van der Waals surface area contributed by atoms with Crippen molar-refractivity contribution >= 4 is 5.91 Å². The van der Waals surface area contributed by atoms with Gasteiger partial charge in [-0.3, -0.25) is 14.4 Å². The molecule has 0 spiro atoms. The van der Waals surface area contributed by atoms with E-state index in [2.05, 4.69) is 29.2 Å². The Morgan fingerprint density at radius 3 is 2.72 bits per heavy atom. The molecule has 0 bridgehead atoms. The van der Waals surface area contributed by atoms with Crippen molar-refractivity contribution in [1.29, 1.82) is 0 Å². The van der Waals surface area contributed by atoms with Crippen LogP contribution in [0.3, 0.4) is 0 Å². The second-order valence-corrected chi connectivity index (χ2v) is 8.29. The van der Waals surface area contributed by atoms with Gasteiger partial charge in [0.15, 0.2) is 0 Å². The summed E-state index contributed by atoms with van der Waals surface area (Å²) >= 11 is 0. The number of carbonyl (C=O) groups is 1. The van der Waals surface area contributed by atoms with Gasteiger partial charge in [0, 0.05) is 38.4 Å². The van der Waals surface area contributed by atoms with Crippen molar-refractivity contribution < 1.29 is 9.53 Å². The molecule has 2 aliphatic rings. The monoisotopic (exact) mass is 348 g/mol. The molecule has 25 heavy (non-hydrogen) atoms. The van der Waals surface area contributed by atoms with E-state index in [1.54, 1.807) is 10.9 Å². The van der Waals surface area contributed by atoms with Gasteiger partial charge in [-0.05, 0) is 32.3 Å². The van der Waals surface area contributed by atoms with Crippen LogP contribution in [0.15, 0.2) is 12.4 Å². The number of aromatic nitrogens is 2. The molecule has 2 fully saturated rings. The Morgan fingerprint density at radius 1 is 1.32 bits per heavy atom. The Hall–Kier alpha value is -1.40. The van der Waals surface area contributed by atoms with E-state index >= 15 is 0 Å². The van der Waals surface area contributed by atoms with Crippen LogP contribution in [0.5, 0.6) is 0 Å². The predicted octanol–water partition coefficient (Wildman–Crippen LogP) is 1.89. The third-order valence-corrected chi connectivity index (χ3v) is 5.62. The molecule has 0 atom stereocenters. The fraction of sp³-hybridized carbons (Fsp3) is 0.789. The molecule has 0 unspecified atom stereocenters. The zero-order valence-electron chi connectivity index (χ0n) is 15.9. The number of ether oxygens (including phenoxy) is 1. The van der Waals surface area contributed by atoms with Crippen LogP contribution in [-0.2, 0) is 23.0 Å². The Labute approximate surface area is 150 Å². The molecule has 0 radical (unpaired) electrons. The highest BCUT2D eigenvalue weighted by Gasteiger charge is 2.42. The van der Waals surface area contributed by atoms with Crippen molar-refractivity contribution in [2.45, 2.75) is 63.5 Å². The van der Waals surface area contributed by atoms with Gasteiger partial charge >= 0.3 is 0 Å². The summed E-state index contributed by atoms with van der Waals surface area (Å²) in [4.78, 5) is 15.0. The van der Waals surface area contributed by atoms with Gasteiger partial charge in [-0.1, -0.05) is 19.3 Å². The second kappa shape index (κ2) is 7.46. The van der Waals surface area contributed by atoms with Crippen LogP contribution < -0.4 is 5.32 Å². The first-order valence-corrected chi connectivity index (χ1v) is 9.52. The summed E-state index contributed by atoms with van der Waals surface area (Å²) in [5.41, 5.74) is 0.942. The summed E-state index contributed by atoms with van der Waals surface area (Å²) in [5.74, 6) is 0.0884. The van der Waals surface area contributed by atoms with Gasteiger partial charge in [0.25, 0.3) is 0 Å². The van der Waals surface area contributed by atoms with Crippen LogP contribution in [0.2, 0.25) is 0 Å². The van der Waals surface area contributed by atoms with Crippen LogP contribution >= 0.6 is 0 Å². The quantitative estimate of drug-likeness (QED) is 0.883. The average Bonchev–Trinajstić information content (AvgIpc) is 2.98. The lowest BCUT2D eigenvalue weighted by atomic mass is 9.79. The Kier molecular flexibility index (Phi) is 5.49. The minimum Gasteiger partial charge on any atom is -0.373 e. The summed E-state index contributed by atoms with van der Waals surface area (Å²) in [7, 11) is 1.87. The van der Waals surface area contributed by atoms with Crippen molar-refractivity contribution in [3.8, 4) is 0 Å². The summed E-state index contributed by atoms with van der Waals surface area (Å²) in [6, 6.07) is 0. The van der Waals surface area contributed by atoms with Crippen molar-refractivity contribution in [1.82, 2.24) is 20.0 Å². The van der Waals surface area contributed by atoms with Crippen molar-refractivity contribution in [2.24, 2.45) is 7.05 Å². The molecule has 1 saturated heterocycles. The van der Waals surface area contributed by atoms with Gasteiger partial charge in [-0.15, -0.1) is 0 Å². The van der Waals surface area contributed by atoms with E-state index in [9.17, 15) is 4.79 Å². The molecule has 1 amide bonds. The van der Waals surface area contributed by atoms with Crippen LogP contribution in [0.25, 0.3) is 0 Å². The number of morpholine rings is 1. The molecule has 3 rings (SSSR count). The number of nitrogens with one attached hydrogen (secondary N) is 1. The number of nitrogens with zero attached hydrogens (tertiary/aromatic N) is 3. The smallest absolute Gasteiger partial charge is 0.224 e. The maximum absolute atomic E-state index is 12.4. The van der Waals surface area contributed by atoms with E-state index in [0.717, 1.165) is 44.6 Å². The predicted molar refractivity (Wildman–Crippen MR) is 97.3 cm³/mol. The molecule has 1 aromatic rings. The third-order valence-electron chi connectivity index (χ3n) is 5.62. The van der Waals surface area contributed by atoms with E-state index < -0.39 is 0 Å². The van der Waals surface area contributed by atoms with Gasteiger partial charge in [-0.2, -0.15) is 5.10 Å². The molecule has 2 heterocycles. The molecule has 1 saturated carbocycles. The maximum atomic E-state index is 12.4.